The van der Waals surface area contributed by atoms with E-state index in [1.54, 1.807) is 0 Å². The van der Waals surface area contributed by atoms with Gasteiger partial charge in [0.1, 0.15) is 0 Å². The lowest BCUT2D eigenvalue weighted by Gasteiger charge is -2.10. The van der Waals surface area contributed by atoms with Crippen LogP contribution in [0.1, 0.15) is 26.2 Å². The van der Waals surface area contributed by atoms with Crippen LogP contribution in [0.15, 0.2) is 0 Å². The Morgan fingerprint density at radius 3 is 2.80 bits per heavy atom. The Morgan fingerprint density at radius 2 is 2.40 bits per heavy atom. The lowest BCUT2D eigenvalue weighted by atomic mass is 10.1. The molecule has 0 fully saturated rings. The number of nitrogens with one attached hydrogen (secondary N) is 1. The van der Waals surface area contributed by atoms with Gasteiger partial charge in [-0.2, -0.15) is 0 Å². The van der Waals surface area contributed by atoms with Gasteiger partial charge in [0.05, 0.1) is 12.6 Å². The van der Waals surface area contributed by atoms with Gasteiger partial charge in [-0.25, -0.2) is 0 Å². The zero-order chi connectivity index (χ0) is 7.82. The fraction of sp³-hybridized carbons (Fsp3) is 0.857. The van der Waals surface area contributed by atoms with E-state index in [2.05, 4.69) is 12.2 Å². The highest BCUT2D eigenvalue weighted by molar-refractivity contribution is 5.46. The molecule has 10 heavy (non-hydrogen) atoms. The van der Waals surface area contributed by atoms with E-state index >= 15 is 0 Å². The van der Waals surface area contributed by atoms with Crippen LogP contribution in [-0.4, -0.2) is 24.2 Å². The van der Waals surface area contributed by atoms with Crippen molar-refractivity contribution in [2.75, 3.05) is 6.61 Å². The molecule has 0 radical (unpaired) electrons. The van der Waals surface area contributed by atoms with Crippen molar-refractivity contribution < 1.29 is 9.90 Å². The molecule has 0 bridgehead atoms. The quantitative estimate of drug-likeness (QED) is 0.527. The van der Waals surface area contributed by atoms with Crippen LogP contribution in [0.4, 0.5) is 0 Å². The number of carbonyl (C=O) groups excluding carboxylic acids is 1. The summed E-state index contributed by atoms with van der Waals surface area (Å²) in [6.45, 7) is 2.12. The zero-order valence-corrected chi connectivity index (χ0v) is 6.34. The third-order valence-corrected chi connectivity index (χ3v) is 1.43. The Hall–Kier alpha value is -0.570. The minimum absolute atomic E-state index is 0.0404. The largest absolute Gasteiger partial charge is 0.394 e. The van der Waals surface area contributed by atoms with Gasteiger partial charge in [-0.1, -0.05) is 19.8 Å². The molecule has 0 heterocycles. The van der Waals surface area contributed by atoms with Crippen LogP contribution in [0.25, 0.3) is 0 Å². The number of amides is 1. The maximum atomic E-state index is 9.92. The van der Waals surface area contributed by atoms with E-state index in [4.69, 9.17) is 5.11 Å². The molecule has 0 aliphatic heterocycles. The monoisotopic (exact) mass is 145 g/mol. The smallest absolute Gasteiger partial charge is 0.207 e. The first-order valence-electron chi connectivity index (χ1n) is 3.65. The minimum atomic E-state index is -0.0440. The molecule has 0 aromatic carbocycles. The Balaban J connectivity index is 3.29. The number of carbonyl (C=O) groups is 1. The maximum Gasteiger partial charge on any atom is 0.207 e. The first-order valence-corrected chi connectivity index (χ1v) is 3.65. The third-order valence-electron chi connectivity index (χ3n) is 1.43. The first-order chi connectivity index (χ1) is 4.85. The number of unbranched alkanes of at least 4 members (excludes halogenated alkanes) is 1. The lowest BCUT2D eigenvalue weighted by Crippen LogP contribution is -2.30. The molecule has 0 aliphatic carbocycles. The van der Waals surface area contributed by atoms with E-state index in [-0.39, 0.29) is 12.6 Å². The predicted molar refractivity (Wildman–Crippen MR) is 39.6 cm³/mol. The molecule has 0 saturated carbocycles. The topological polar surface area (TPSA) is 49.3 Å². The zero-order valence-electron chi connectivity index (χ0n) is 6.34. The molecule has 0 aromatic heterocycles. The van der Waals surface area contributed by atoms with Gasteiger partial charge in [0, 0.05) is 0 Å². The molecule has 1 atom stereocenters. The molecular weight excluding hydrogens is 130 g/mol. The molecule has 60 valence electrons. The number of rotatable bonds is 6. The number of aliphatic hydroxyl groups is 1. The van der Waals surface area contributed by atoms with Gasteiger partial charge in [0.2, 0.25) is 6.41 Å². The standard InChI is InChI=1S/C7H15NO2/c1-2-3-4-7(5-9)8-6-10/h6-7,9H,2-5H2,1H3,(H,8,10)/t7-/m0/s1. The molecule has 0 aromatic rings. The predicted octanol–water partition coefficient (Wildman–Crippen LogP) is 0.283. The second-order valence-electron chi connectivity index (χ2n) is 2.31. The van der Waals surface area contributed by atoms with Gasteiger partial charge in [-0.05, 0) is 6.42 Å². The normalized spacial score (nSPS) is 12.6. The molecule has 2 N–H and O–H groups in total. The molecule has 3 heteroatoms. The van der Waals surface area contributed by atoms with E-state index in [0.717, 1.165) is 19.3 Å². The SMILES string of the molecule is CCCC[C@@H](CO)NC=O. The average molecular weight is 145 g/mol. The van der Waals surface area contributed by atoms with Crippen molar-refractivity contribution in [2.24, 2.45) is 0 Å². The summed E-state index contributed by atoms with van der Waals surface area (Å²) in [5.41, 5.74) is 0. The Morgan fingerprint density at radius 1 is 1.70 bits per heavy atom. The van der Waals surface area contributed by atoms with Crippen molar-refractivity contribution in [1.29, 1.82) is 0 Å². The van der Waals surface area contributed by atoms with Crippen molar-refractivity contribution in [3.8, 4) is 0 Å². The number of aliphatic hydroxyl groups excluding tert-OH is 1. The van der Waals surface area contributed by atoms with Crippen LogP contribution in [-0.2, 0) is 4.79 Å². The number of hydrogen-bond acceptors (Lipinski definition) is 2. The van der Waals surface area contributed by atoms with Crippen molar-refractivity contribution in [1.82, 2.24) is 5.32 Å². The Labute approximate surface area is 61.4 Å². The minimum Gasteiger partial charge on any atom is -0.394 e. The summed E-state index contributed by atoms with van der Waals surface area (Å²) in [5, 5.41) is 11.2. The second kappa shape index (κ2) is 6.55. The molecular formula is C7H15NO2. The maximum absolute atomic E-state index is 9.92. The summed E-state index contributed by atoms with van der Waals surface area (Å²) in [7, 11) is 0. The van der Waals surface area contributed by atoms with Crippen molar-refractivity contribution >= 4 is 6.41 Å². The summed E-state index contributed by atoms with van der Waals surface area (Å²) in [4.78, 5) is 9.92. The van der Waals surface area contributed by atoms with E-state index in [1.165, 1.54) is 0 Å². The van der Waals surface area contributed by atoms with Crippen molar-refractivity contribution in [3.63, 3.8) is 0 Å². The lowest BCUT2D eigenvalue weighted by molar-refractivity contribution is -0.110. The Kier molecular flexibility index (Phi) is 6.18. The second-order valence-corrected chi connectivity index (χ2v) is 2.31. The average Bonchev–Trinajstić information content (AvgIpc) is 1.98. The molecule has 0 saturated heterocycles. The molecule has 0 aliphatic rings. The van der Waals surface area contributed by atoms with Gasteiger partial charge in [-0.3, -0.25) is 4.79 Å². The molecule has 0 spiro atoms. The fourth-order valence-electron chi connectivity index (χ4n) is 0.774. The van der Waals surface area contributed by atoms with Gasteiger partial charge in [0.25, 0.3) is 0 Å². The summed E-state index contributed by atoms with van der Waals surface area (Å²) in [6, 6.07) is -0.0440. The molecule has 0 rings (SSSR count). The van der Waals surface area contributed by atoms with Crippen LogP contribution >= 0.6 is 0 Å². The fourth-order valence-corrected chi connectivity index (χ4v) is 0.774. The summed E-state index contributed by atoms with van der Waals surface area (Å²) >= 11 is 0. The number of hydrogen-bond donors (Lipinski definition) is 2. The highest BCUT2D eigenvalue weighted by Crippen LogP contribution is 1.98. The molecule has 1 amide bonds. The van der Waals surface area contributed by atoms with Crippen LogP contribution in [0.5, 0.6) is 0 Å². The van der Waals surface area contributed by atoms with Crippen LogP contribution in [0.3, 0.4) is 0 Å². The van der Waals surface area contributed by atoms with Gasteiger partial charge >= 0.3 is 0 Å². The van der Waals surface area contributed by atoms with Crippen LogP contribution in [0.2, 0.25) is 0 Å². The first kappa shape index (κ1) is 9.43. The highest BCUT2D eigenvalue weighted by atomic mass is 16.3. The van der Waals surface area contributed by atoms with E-state index in [9.17, 15) is 4.79 Å². The van der Waals surface area contributed by atoms with Crippen molar-refractivity contribution in [2.45, 2.75) is 32.2 Å². The third kappa shape index (κ3) is 4.32. The van der Waals surface area contributed by atoms with Gasteiger partial charge in [-0.15, -0.1) is 0 Å². The highest BCUT2D eigenvalue weighted by Gasteiger charge is 2.02. The molecule has 3 nitrogen and oxygen atoms in total. The van der Waals surface area contributed by atoms with Gasteiger partial charge < -0.3 is 10.4 Å². The van der Waals surface area contributed by atoms with Crippen LogP contribution < -0.4 is 5.32 Å². The van der Waals surface area contributed by atoms with Crippen LogP contribution in [0, 0.1) is 0 Å². The van der Waals surface area contributed by atoms with E-state index < -0.39 is 0 Å². The summed E-state index contributed by atoms with van der Waals surface area (Å²) < 4.78 is 0. The molecule has 0 unspecified atom stereocenters. The van der Waals surface area contributed by atoms with E-state index in [0.29, 0.717) is 6.41 Å². The van der Waals surface area contributed by atoms with Gasteiger partial charge in [0.15, 0.2) is 0 Å². The van der Waals surface area contributed by atoms with Crippen molar-refractivity contribution in [3.05, 3.63) is 0 Å². The Bertz CT molecular complexity index is 85.7. The summed E-state index contributed by atoms with van der Waals surface area (Å²) in [6.07, 6.45) is 3.64. The summed E-state index contributed by atoms with van der Waals surface area (Å²) in [5.74, 6) is 0. The van der Waals surface area contributed by atoms with E-state index in [1.807, 2.05) is 0 Å².